The Morgan fingerprint density at radius 1 is 1.30 bits per heavy atom. The second kappa shape index (κ2) is 8.59. The lowest BCUT2D eigenvalue weighted by Gasteiger charge is -2.21. The molecule has 3 aromatic rings. The van der Waals surface area contributed by atoms with Crippen molar-refractivity contribution in [3.63, 3.8) is 0 Å². The third-order valence-corrected chi connectivity index (χ3v) is 5.31. The van der Waals surface area contributed by atoms with Crippen LogP contribution in [0.2, 0.25) is 5.02 Å². The topological polar surface area (TPSA) is 38.1 Å². The van der Waals surface area contributed by atoms with Gasteiger partial charge in [-0.2, -0.15) is 0 Å². The van der Waals surface area contributed by atoms with Crippen molar-refractivity contribution in [2.45, 2.75) is 23.9 Å². The van der Waals surface area contributed by atoms with Gasteiger partial charge < -0.3 is 4.90 Å². The smallest absolute Gasteiger partial charge is 0.235 e. The van der Waals surface area contributed by atoms with Gasteiger partial charge in [-0.1, -0.05) is 41.6 Å². The number of aromatic nitrogens is 2. The Bertz CT molecular complexity index is 946. The molecule has 0 fully saturated rings. The number of thioether (sulfide) groups is 1. The zero-order valence-electron chi connectivity index (χ0n) is 15.0. The fraction of sp³-hybridized carbons (Fsp3) is 0.200. The van der Waals surface area contributed by atoms with E-state index in [4.69, 9.17) is 11.6 Å². The molecule has 140 valence electrons. The molecule has 1 amide bonds. The molecule has 2 aromatic carbocycles. The van der Waals surface area contributed by atoms with Crippen LogP contribution in [0.4, 0.5) is 4.39 Å². The van der Waals surface area contributed by atoms with E-state index in [2.05, 4.69) is 4.98 Å². The summed E-state index contributed by atoms with van der Waals surface area (Å²) in [5.41, 5.74) is 1.64. The van der Waals surface area contributed by atoms with Gasteiger partial charge in [-0.05, 0) is 42.8 Å². The summed E-state index contributed by atoms with van der Waals surface area (Å²) < 4.78 is 15.2. The molecule has 7 heteroatoms. The highest BCUT2D eigenvalue weighted by Crippen LogP contribution is 2.26. The van der Waals surface area contributed by atoms with Crippen molar-refractivity contribution in [3.8, 4) is 5.69 Å². The highest BCUT2D eigenvalue weighted by Gasteiger charge is 2.21. The molecule has 27 heavy (non-hydrogen) atoms. The summed E-state index contributed by atoms with van der Waals surface area (Å²) in [5.74, 6) is -0.357. The van der Waals surface area contributed by atoms with E-state index in [0.29, 0.717) is 16.7 Å². The molecule has 0 aliphatic carbocycles. The lowest BCUT2D eigenvalue weighted by atomic mass is 10.2. The first kappa shape index (κ1) is 19.5. The first-order valence-electron chi connectivity index (χ1n) is 8.39. The van der Waals surface area contributed by atoms with Gasteiger partial charge in [0.05, 0.1) is 5.25 Å². The number of carbonyl (C=O) groups is 1. The largest absolute Gasteiger partial charge is 0.340 e. The zero-order chi connectivity index (χ0) is 19.4. The van der Waals surface area contributed by atoms with Gasteiger partial charge in [0.25, 0.3) is 0 Å². The second-order valence-electron chi connectivity index (χ2n) is 6.14. The van der Waals surface area contributed by atoms with Gasteiger partial charge in [-0.15, -0.1) is 0 Å². The van der Waals surface area contributed by atoms with Crippen LogP contribution < -0.4 is 0 Å². The first-order chi connectivity index (χ1) is 12.9. The van der Waals surface area contributed by atoms with Crippen LogP contribution in [0.15, 0.2) is 66.1 Å². The van der Waals surface area contributed by atoms with Gasteiger partial charge in [0.1, 0.15) is 5.82 Å². The summed E-state index contributed by atoms with van der Waals surface area (Å²) >= 11 is 7.44. The Labute approximate surface area is 167 Å². The number of nitrogens with zero attached hydrogens (tertiary/aromatic N) is 3. The molecule has 1 unspecified atom stereocenters. The molecule has 0 saturated carbocycles. The van der Waals surface area contributed by atoms with Gasteiger partial charge in [-0.3, -0.25) is 9.36 Å². The van der Waals surface area contributed by atoms with Crippen LogP contribution in [-0.2, 0) is 11.3 Å². The van der Waals surface area contributed by atoms with E-state index in [1.807, 2.05) is 42.0 Å². The van der Waals surface area contributed by atoms with Gasteiger partial charge in [-0.25, -0.2) is 9.37 Å². The molecule has 0 spiro atoms. The fourth-order valence-electron chi connectivity index (χ4n) is 2.71. The Morgan fingerprint density at radius 2 is 2.07 bits per heavy atom. The summed E-state index contributed by atoms with van der Waals surface area (Å²) in [4.78, 5) is 18.7. The maximum atomic E-state index is 13.3. The van der Waals surface area contributed by atoms with Crippen LogP contribution in [0.25, 0.3) is 5.69 Å². The normalized spacial score (nSPS) is 12.0. The molecule has 1 heterocycles. The zero-order valence-corrected chi connectivity index (χ0v) is 16.5. The first-order valence-corrected chi connectivity index (χ1v) is 9.65. The molecule has 0 aliphatic rings. The Kier molecular flexibility index (Phi) is 6.19. The monoisotopic (exact) mass is 403 g/mol. The average Bonchev–Trinajstić information content (AvgIpc) is 3.09. The van der Waals surface area contributed by atoms with E-state index in [0.717, 1.165) is 11.3 Å². The van der Waals surface area contributed by atoms with Crippen LogP contribution in [0.3, 0.4) is 0 Å². The van der Waals surface area contributed by atoms with Crippen molar-refractivity contribution in [3.05, 3.63) is 77.3 Å². The highest BCUT2D eigenvalue weighted by atomic mass is 35.5. The van der Waals surface area contributed by atoms with Gasteiger partial charge >= 0.3 is 0 Å². The molecular formula is C20H19ClFN3OS. The summed E-state index contributed by atoms with van der Waals surface area (Å²) in [6.45, 7) is 2.19. The molecule has 0 aliphatic heterocycles. The molecular weight excluding hydrogens is 385 g/mol. The SMILES string of the molecule is CC(Sc1nccn1-c1cccc(Cl)c1)C(=O)N(C)Cc1cccc(F)c1. The van der Waals surface area contributed by atoms with Crippen molar-refractivity contribution in [1.29, 1.82) is 0 Å². The van der Waals surface area contributed by atoms with Gasteiger partial charge in [0, 0.05) is 36.7 Å². The van der Waals surface area contributed by atoms with Crippen LogP contribution >= 0.6 is 23.4 Å². The fourth-order valence-corrected chi connectivity index (χ4v) is 3.89. The molecule has 4 nitrogen and oxygen atoms in total. The Hall–Kier alpha value is -2.31. The number of benzene rings is 2. The quantitative estimate of drug-likeness (QED) is 0.554. The minimum atomic E-state index is -0.344. The van der Waals surface area contributed by atoms with Crippen molar-refractivity contribution >= 4 is 29.3 Å². The average molecular weight is 404 g/mol. The summed E-state index contributed by atoms with van der Waals surface area (Å²) in [6.07, 6.45) is 3.53. The molecule has 1 atom stereocenters. The van der Waals surface area contributed by atoms with E-state index in [1.54, 1.807) is 30.3 Å². The molecule has 0 N–H and O–H groups in total. The summed E-state index contributed by atoms with van der Waals surface area (Å²) in [7, 11) is 1.72. The lowest BCUT2D eigenvalue weighted by molar-refractivity contribution is -0.129. The number of hydrogen-bond donors (Lipinski definition) is 0. The van der Waals surface area contributed by atoms with Crippen molar-refractivity contribution in [2.75, 3.05) is 7.05 Å². The van der Waals surface area contributed by atoms with E-state index < -0.39 is 0 Å². The summed E-state index contributed by atoms with van der Waals surface area (Å²) in [5, 5.41) is 0.997. The van der Waals surface area contributed by atoms with Gasteiger partial charge in [0.2, 0.25) is 5.91 Å². The lowest BCUT2D eigenvalue weighted by Crippen LogP contribution is -2.33. The van der Waals surface area contributed by atoms with Gasteiger partial charge in [0.15, 0.2) is 5.16 Å². The van der Waals surface area contributed by atoms with Crippen LogP contribution in [0.5, 0.6) is 0 Å². The summed E-state index contributed by atoms with van der Waals surface area (Å²) in [6, 6.07) is 13.7. The second-order valence-corrected chi connectivity index (χ2v) is 7.89. The Morgan fingerprint density at radius 3 is 2.81 bits per heavy atom. The maximum absolute atomic E-state index is 13.3. The number of imidazole rings is 1. The molecule has 1 aromatic heterocycles. The van der Waals surface area contributed by atoms with Crippen LogP contribution in [-0.4, -0.2) is 32.7 Å². The predicted molar refractivity (Wildman–Crippen MR) is 107 cm³/mol. The minimum absolute atomic E-state index is 0.0510. The molecule has 0 saturated heterocycles. The number of halogens is 2. The minimum Gasteiger partial charge on any atom is -0.340 e. The molecule has 0 radical (unpaired) electrons. The van der Waals surface area contributed by atoms with E-state index >= 15 is 0 Å². The highest BCUT2D eigenvalue weighted by molar-refractivity contribution is 8.00. The van der Waals surface area contributed by atoms with Crippen molar-refractivity contribution < 1.29 is 9.18 Å². The molecule has 0 bridgehead atoms. The third kappa shape index (κ3) is 4.90. The Balaban J connectivity index is 1.69. The van der Waals surface area contributed by atoms with Crippen LogP contribution in [0, 0.1) is 5.82 Å². The predicted octanol–water partition coefficient (Wildman–Crippen LogP) is 4.80. The van der Waals surface area contributed by atoms with E-state index in [1.165, 1.54) is 23.9 Å². The van der Waals surface area contributed by atoms with Crippen LogP contribution in [0.1, 0.15) is 12.5 Å². The van der Waals surface area contributed by atoms with Crippen molar-refractivity contribution in [2.24, 2.45) is 0 Å². The number of carbonyl (C=O) groups excluding carboxylic acids is 1. The van der Waals surface area contributed by atoms with E-state index in [-0.39, 0.29) is 17.0 Å². The maximum Gasteiger partial charge on any atom is 0.235 e. The standard InChI is InChI=1S/C20H19ClFN3OS/c1-14(19(26)24(2)13-15-5-3-7-17(22)11-15)27-20-23-9-10-25(20)18-8-4-6-16(21)12-18/h3-12,14H,13H2,1-2H3. The van der Waals surface area contributed by atoms with E-state index in [9.17, 15) is 9.18 Å². The molecule has 3 rings (SSSR count). The number of rotatable bonds is 6. The third-order valence-electron chi connectivity index (χ3n) is 4.01. The number of hydrogen-bond acceptors (Lipinski definition) is 3. The van der Waals surface area contributed by atoms with Crippen molar-refractivity contribution in [1.82, 2.24) is 14.5 Å². The number of amides is 1.